The molecule has 0 saturated carbocycles. The molecule has 0 unspecified atom stereocenters. The van der Waals surface area contributed by atoms with Crippen molar-refractivity contribution < 1.29 is 59.2 Å². The molecule has 0 fully saturated rings. The highest BCUT2D eigenvalue weighted by atomic mass is 31.2. The first-order chi connectivity index (χ1) is 24.2. The molecule has 1 rings (SSSR count). The van der Waals surface area contributed by atoms with Crippen molar-refractivity contribution >= 4 is 30.4 Å². The van der Waals surface area contributed by atoms with E-state index in [1.807, 2.05) is 0 Å². The Labute approximate surface area is 305 Å². The molecule has 0 saturated heterocycles. The van der Waals surface area contributed by atoms with E-state index in [9.17, 15) is 18.3 Å². The minimum Gasteiger partial charge on any atom is -0.493 e. The second-order valence-corrected chi connectivity index (χ2v) is 18.9. The Morgan fingerprint density at radius 3 is 1.04 bits per heavy atom. The first-order valence-electron chi connectivity index (χ1n) is 17.5. The van der Waals surface area contributed by atoms with Gasteiger partial charge in [0, 0.05) is 25.2 Å². The summed E-state index contributed by atoms with van der Waals surface area (Å²) in [6.07, 6.45) is -0.368. The lowest BCUT2D eigenvalue weighted by Crippen LogP contribution is -2.30. The third-order valence-electron chi connectivity index (χ3n) is 6.39. The number of nitrogens with zero attached hydrogens (tertiary/aromatic N) is 3. The maximum atomic E-state index is 13.7. The van der Waals surface area contributed by atoms with Crippen molar-refractivity contribution in [3.8, 4) is 5.75 Å². The van der Waals surface area contributed by atoms with E-state index in [0.29, 0.717) is 36.7 Å². The van der Waals surface area contributed by atoms with Crippen LogP contribution in [0.2, 0.25) is 0 Å². The van der Waals surface area contributed by atoms with Crippen LogP contribution in [0.5, 0.6) is 5.75 Å². The topological polar surface area (TPSA) is 197 Å². The molecule has 0 bridgehead atoms. The SMILES string of the molecule is CCOP(=O)(CN(Cc1cc(OCCCN)cc(CN(CP(=O)(OCC)OCC)CP(=O)(OCC)OCC)n1)CP(=O)(OCC)OCC)OCC. The Morgan fingerprint density at radius 2 is 0.804 bits per heavy atom. The van der Waals surface area contributed by atoms with Crippen LogP contribution in [0.15, 0.2) is 12.1 Å². The predicted molar refractivity (Wildman–Crippen MR) is 197 cm³/mol. The third kappa shape index (κ3) is 19.0. The van der Waals surface area contributed by atoms with Crippen LogP contribution in [-0.2, 0) is 67.5 Å². The fraction of sp³-hybridized carbons (Fsp3) is 0.833. The van der Waals surface area contributed by atoms with Crippen molar-refractivity contribution in [1.82, 2.24) is 14.8 Å². The van der Waals surface area contributed by atoms with Crippen LogP contribution in [0, 0.1) is 0 Å². The molecule has 17 nitrogen and oxygen atoms in total. The molecule has 1 aromatic rings. The molecule has 0 aliphatic rings. The molecule has 0 aliphatic carbocycles. The Bertz CT molecular complexity index is 1120. The van der Waals surface area contributed by atoms with Gasteiger partial charge in [-0.15, -0.1) is 0 Å². The molecular formula is C30H62N4O13P4. The monoisotopic (exact) mass is 810 g/mol. The highest BCUT2D eigenvalue weighted by molar-refractivity contribution is 7.55. The molecule has 21 heteroatoms. The zero-order valence-electron chi connectivity index (χ0n) is 31.7. The van der Waals surface area contributed by atoms with Gasteiger partial charge in [-0.3, -0.25) is 33.0 Å². The maximum Gasteiger partial charge on any atom is 0.344 e. The number of pyridine rings is 1. The average molecular weight is 811 g/mol. The summed E-state index contributed by atoms with van der Waals surface area (Å²) in [6.45, 7) is 15.4. The molecule has 0 amide bonds. The van der Waals surface area contributed by atoms with Gasteiger partial charge in [-0.25, -0.2) is 0 Å². The van der Waals surface area contributed by atoms with Gasteiger partial charge in [0.2, 0.25) is 0 Å². The van der Waals surface area contributed by atoms with Gasteiger partial charge in [0.1, 0.15) is 30.9 Å². The van der Waals surface area contributed by atoms with Gasteiger partial charge in [0.15, 0.2) is 0 Å². The summed E-state index contributed by atoms with van der Waals surface area (Å²) in [7, 11) is -14.7. The molecule has 2 N–H and O–H groups in total. The Hall–Kier alpha value is -0.570. The number of aromatic nitrogens is 1. The molecular weight excluding hydrogens is 748 g/mol. The van der Waals surface area contributed by atoms with Gasteiger partial charge in [0.25, 0.3) is 0 Å². The van der Waals surface area contributed by atoms with E-state index < -0.39 is 30.4 Å². The molecule has 0 aliphatic heterocycles. The quantitative estimate of drug-likeness (QED) is 0.0561. The van der Waals surface area contributed by atoms with Crippen molar-refractivity contribution in [2.24, 2.45) is 5.73 Å². The second kappa shape index (κ2) is 25.5. The summed E-state index contributed by atoms with van der Waals surface area (Å²) in [5, 5.41) is 0. The molecule has 0 aromatic carbocycles. The van der Waals surface area contributed by atoms with E-state index in [1.165, 1.54) is 0 Å². The number of hydrogen-bond donors (Lipinski definition) is 1. The van der Waals surface area contributed by atoms with Crippen molar-refractivity contribution in [3.63, 3.8) is 0 Å². The highest BCUT2D eigenvalue weighted by Crippen LogP contribution is 2.55. The molecule has 51 heavy (non-hydrogen) atoms. The van der Waals surface area contributed by atoms with Crippen LogP contribution < -0.4 is 10.5 Å². The van der Waals surface area contributed by atoms with Crippen LogP contribution >= 0.6 is 30.4 Å². The maximum absolute atomic E-state index is 13.7. The number of ether oxygens (including phenoxy) is 1. The molecule has 0 atom stereocenters. The van der Waals surface area contributed by atoms with Crippen LogP contribution in [0.1, 0.15) is 73.2 Å². The van der Waals surface area contributed by atoms with Gasteiger partial charge in [0.05, 0.1) is 70.8 Å². The molecule has 1 aromatic heterocycles. The number of nitrogens with two attached hydrogens (primary N) is 1. The van der Waals surface area contributed by atoms with Crippen molar-refractivity contribution in [2.45, 2.75) is 74.9 Å². The first-order valence-corrected chi connectivity index (χ1v) is 24.4. The molecule has 0 radical (unpaired) electrons. The zero-order chi connectivity index (χ0) is 38.4. The molecule has 1 heterocycles. The lowest BCUT2D eigenvalue weighted by molar-refractivity contribution is 0.181. The van der Waals surface area contributed by atoms with E-state index in [2.05, 4.69) is 0 Å². The van der Waals surface area contributed by atoms with Gasteiger partial charge in [-0.2, -0.15) is 0 Å². The van der Waals surface area contributed by atoms with Crippen LogP contribution in [0.25, 0.3) is 0 Å². The lowest BCUT2D eigenvalue weighted by atomic mass is 10.2. The normalized spacial score (nSPS) is 13.1. The third-order valence-corrected chi connectivity index (χ3v) is 14.6. The minimum absolute atomic E-state index is 0.00212. The standard InChI is InChI=1S/C30H62N4O13P4/c1-9-40-48(35,41-10-2)24-33(25-49(36,42-11-3)43-12-4)22-28-20-30(39-19-17-18-31)21-29(32-28)23-34(26-50(37,44-13-5)45-14-6)27-51(38,46-15-7)47-16-8/h20-21H,9-19,22-27,31H2,1-8H3. The van der Waals surface area contributed by atoms with Gasteiger partial charge in [-0.05, 0) is 68.4 Å². The minimum atomic E-state index is -3.68. The van der Waals surface area contributed by atoms with E-state index in [-0.39, 0.29) is 91.1 Å². The van der Waals surface area contributed by atoms with E-state index in [1.54, 1.807) is 77.3 Å². The van der Waals surface area contributed by atoms with Crippen LogP contribution in [0.3, 0.4) is 0 Å². The Morgan fingerprint density at radius 1 is 0.529 bits per heavy atom. The van der Waals surface area contributed by atoms with Gasteiger partial charge < -0.3 is 46.7 Å². The number of hydrogen-bond acceptors (Lipinski definition) is 17. The van der Waals surface area contributed by atoms with Crippen molar-refractivity contribution in [3.05, 3.63) is 23.5 Å². The molecule has 0 spiro atoms. The predicted octanol–water partition coefficient (Wildman–Crippen LogP) is 7.31. The van der Waals surface area contributed by atoms with Gasteiger partial charge in [-0.1, -0.05) is 0 Å². The largest absolute Gasteiger partial charge is 0.493 e. The summed E-state index contributed by atoms with van der Waals surface area (Å²) in [4.78, 5) is 8.06. The Kier molecular flexibility index (Phi) is 24.2. The summed E-state index contributed by atoms with van der Waals surface area (Å²) >= 11 is 0. The fourth-order valence-electron chi connectivity index (χ4n) is 4.91. The zero-order valence-corrected chi connectivity index (χ0v) is 35.3. The van der Waals surface area contributed by atoms with Crippen LogP contribution in [-0.4, -0.2) is 106 Å². The first kappa shape index (κ1) is 48.4. The van der Waals surface area contributed by atoms with Crippen molar-refractivity contribution in [1.29, 1.82) is 0 Å². The van der Waals surface area contributed by atoms with Crippen LogP contribution in [0.4, 0.5) is 0 Å². The summed E-state index contributed by atoms with van der Waals surface area (Å²) < 4.78 is 105. The highest BCUT2D eigenvalue weighted by Gasteiger charge is 2.36. The summed E-state index contributed by atoms with van der Waals surface area (Å²) in [5.74, 6) is 0.439. The van der Waals surface area contributed by atoms with E-state index in [4.69, 9.17) is 51.6 Å². The summed E-state index contributed by atoms with van der Waals surface area (Å²) in [6, 6.07) is 3.40. The second-order valence-electron chi connectivity index (χ2n) is 10.8. The smallest absolute Gasteiger partial charge is 0.344 e. The summed E-state index contributed by atoms with van der Waals surface area (Å²) in [5.41, 5.74) is 6.58. The molecule has 300 valence electrons. The lowest BCUT2D eigenvalue weighted by Gasteiger charge is -2.30. The van der Waals surface area contributed by atoms with Crippen molar-refractivity contribution in [2.75, 3.05) is 91.2 Å². The average Bonchev–Trinajstić information content (AvgIpc) is 3.01. The van der Waals surface area contributed by atoms with Gasteiger partial charge >= 0.3 is 30.4 Å². The Balaban J connectivity index is 3.78. The van der Waals surface area contributed by atoms with E-state index in [0.717, 1.165) is 0 Å². The number of rotatable bonds is 32. The fourth-order valence-corrected chi connectivity index (χ4v) is 12.1. The van der Waals surface area contributed by atoms with E-state index >= 15 is 0 Å².